The third-order valence-electron chi connectivity index (χ3n) is 2.23. The van der Waals surface area contributed by atoms with E-state index in [0.717, 1.165) is 19.6 Å². The lowest BCUT2D eigenvalue weighted by Gasteiger charge is -2.21. The Kier molecular flexibility index (Phi) is 9.18. The highest BCUT2D eigenvalue weighted by molar-refractivity contribution is 7.51. The van der Waals surface area contributed by atoms with Gasteiger partial charge in [0.25, 0.3) is 0 Å². The van der Waals surface area contributed by atoms with Gasteiger partial charge in [0.05, 0.1) is 13.2 Å². The highest BCUT2D eigenvalue weighted by Gasteiger charge is 2.22. The maximum absolute atomic E-state index is 12.0. The zero-order valence-electron chi connectivity index (χ0n) is 10.9. The van der Waals surface area contributed by atoms with Gasteiger partial charge in [-0.3, -0.25) is 9.05 Å². The molecular weight excluding hydrogens is 227 g/mol. The lowest BCUT2D eigenvalue weighted by atomic mass is 10.5. The van der Waals surface area contributed by atoms with Crippen molar-refractivity contribution in [2.45, 2.75) is 27.7 Å². The number of nitrogens with one attached hydrogen (secondary N) is 1. The van der Waals surface area contributed by atoms with E-state index in [0.29, 0.717) is 19.8 Å². The quantitative estimate of drug-likeness (QED) is 0.603. The van der Waals surface area contributed by atoms with Gasteiger partial charge in [-0.2, -0.15) is 0 Å². The third kappa shape index (κ3) is 6.61. The smallest absolute Gasteiger partial charge is 0.303 e. The van der Waals surface area contributed by atoms with E-state index in [1.165, 1.54) is 0 Å². The van der Waals surface area contributed by atoms with E-state index >= 15 is 0 Å². The van der Waals surface area contributed by atoms with Crippen LogP contribution in [0.2, 0.25) is 0 Å². The summed E-state index contributed by atoms with van der Waals surface area (Å²) in [5, 5.41) is 2.87. The molecule has 5 nitrogen and oxygen atoms in total. The second-order valence-electron chi connectivity index (χ2n) is 3.27. The highest BCUT2D eigenvalue weighted by atomic mass is 31.2. The molecule has 0 aliphatic carbocycles. The topological polar surface area (TPSA) is 50.8 Å². The molecule has 0 heterocycles. The van der Waals surface area contributed by atoms with Gasteiger partial charge in [0, 0.05) is 13.1 Å². The van der Waals surface area contributed by atoms with Crippen molar-refractivity contribution >= 4 is 7.75 Å². The lowest BCUT2D eigenvalue weighted by molar-refractivity contribution is 0.208. The van der Waals surface area contributed by atoms with E-state index in [9.17, 15) is 4.57 Å². The van der Waals surface area contributed by atoms with Crippen molar-refractivity contribution in [3.8, 4) is 0 Å². The van der Waals surface area contributed by atoms with E-state index in [1.807, 2.05) is 0 Å². The van der Waals surface area contributed by atoms with Gasteiger partial charge < -0.3 is 4.90 Å². The number of hydrogen-bond acceptors (Lipinski definition) is 4. The van der Waals surface area contributed by atoms with Crippen molar-refractivity contribution in [2.75, 3.05) is 39.4 Å². The van der Waals surface area contributed by atoms with E-state index in [4.69, 9.17) is 9.05 Å². The molecule has 0 aliphatic heterocycles. The van der Waals surface area contributed by atoms with Crippen molar-refractivity contribution in [3.05, 3.63) is 0 Å². The van der Waals surface area contributed by atoms with Gasteiger partial charge >= 0.3 is 7.75 Å². The van der Waals surface area contributed by atoms with Crippen LogP contribution < -0.4 is 5.09 Å². The van der Waals surface area contributed by atoms with Gasteiger partial charge in [0.1, 0.15) is 0 Å². The Morgan fingerprint density at radius 2 is 1.56 bits per heavy atom. The van der Waals surface area contributed by atoms with Gasteiger partial charge in [-0.25, -0.2) is 9.65 Å². The Labute approximate surface area is 99.1 Å². The van der Waals surface area contributed by atoms with Crippen LogP contribution in [0.1, 0.15) is 27.7 Å². The molecule has 0 aliphatic rings. The normalized spacial score (nSPS) is 12.3. The second-order valence-corrected chi connectivity index (χ2v) is 5.10. The molecule has 0 rings (SSSR count). The summed E-state index contributed by atoms with van der Waals surface area (Å²) in [6.07, 6.45) is 0. The Balaban J connectivity index is 3.97. The molecule has 0 saturated carbocycles. The first kappa shape index (κ1) is 16.1. The highest BCUT2D eigenvalue weighted by Crippen LogP contribution is 2.42. The van der Waals surface area contributed by atoms with Gasteiger partial charge in [-0.1, -0.05) is 13.8 Å². The largest absolute Gasteiger partial charge is 0.405 e. The molecule has 0 aromatic heterocycles. The minimum absolute atomic E-state index is 0.384. The molecule has 0 atom stereocenters. The van der Waals surface area contributed by atoms with Gasteiger partial charge in [0.15, 0.2) is 0 Å². The summed E-state index contributed by atoms with van der Waals surface area (Å²) in [6.45, 7) is 12.0. The van der Waals surface area contributed by atoms with Crippen LogP contribution >= 0.6 is 7.75 Å². The summed E-state index contributed by atoms with van der Waals surface area (Å²) in [5.41, 5.74) is 0. The van der Waals surface area contributed by atoms with Crippen LogP contribution in [-0.4, -0.2) is 44.3 Å². The molecule has 0 bridgehead atoms. The monoisotopic (exact) mass is 252 g/mol. The molecular formula is C10H25N2O3P. The molecule has 0 aromatic carbocycles. The summed E-state index contributed by atoms with van der Waals surface area (Å²) >= 11 is 0. The Bertz CT molecular complexity index is 200. The molecule has 0 aromatic rings. The average Bonchev–Trinajstić information content (AvgIpc) is 2.25. The zero-order valence-corrected chi connectivity index (χ0v) is 11.8. The number of likely N-dealkylation sites (N-methyl/N-ethyl adjacent to an activating group) is 1. The maximum atomic E-state index is 12.0. The molecule has 16 heavy (non-hydrogen) atoms. The Morgan fingerprint density at radius 3 is 1.94 bits per heavy atom. The van der Waals surface area contributed by atoms with Crippen molar-refractivity contribution < 1.29 is 13.6 Å². The van der Waals surface area contributed by atoms with E-state index in [1.54, 1.807) is 13.8 Å². The summed E-state index contributed by atoms with van der Waals surface area (Å²) in [4.78, 5) is 2.25. The minimum atomic E-state index is -3.07. The van der Waals surface area contributed by atoms with Crippen LogP contribution in [0.3, 0.4) is 0 Å². The van der Waals surface area contributed by atoms with E-state index in [-0.39, 0.29) is 0 Å². The maximum Gasteiger partial charge on any atom is 0.405 e. The number of hydrogen-bond donors (Lipinski definition) is 1. The Morgan fingerprint density at radius 1 is 1.06 bits per heavy atom. The third-order valence-corrected chi connectivity index (χ3v) is 4.03. The number of nitrogens with zero attached hydrogens (tertiary/aromatic N) is 1. The first-order valence-corrected chi connectivity index (χ1v) is 7.52. The molecule has 0 spiro atoms. The standard InChI is InChI=1S/C10H25N2O3P/c1-5-12(6-2)10-9-11-16(13,14-7-3)15-8-4/h5-10H2,1-4H3,(H,11,13). The van der Waals surface area contributed by atoms with Crippen LogP contribution in [0, 0.1) is 0 Å². The predicted molar refractivity (Wildman–Crippen MR) is 66.6 cm³/mol. The molecule has 6 heteroatoms. The molecule has 0 fully saturated rings. The van der Waals surface area contributed by atoms with Gasteiger partial charge in [-0.15, -0.1) is 0 Å². The fourth-order valence-corrected chi connectivity index (χ4v) is 2.66. The van der Waals surface area contributed by atoms with Gasteiger partial charge in [0.2, 0.25) is 0 Å². The molecule has 0 saturated heterocycles. The minimum Gasteiger partial charge on any atom is -0.303 e. The van der Waals surface area contributed by atoms with Crippen LogP contribution in [0.25, 0.3) is 0 Å². The first-order chi connectivity index (χ1) is 7.61. The summed E-state index contributed by atoms with van der Waals surface area (Å²) in [7, 11) is -3.07. The predicted octanol–water partition coefficient (Wildman–Crippen LogP) is 2.10. The number of rotatable bonds is 10. The van der Waals surface area contributed by atoms with Crippen LogP contribution in [0.15, 0.2) is 0 Å². The first-order valence-electron chi connectivity index (χ1n) is 5.98. The summed E-state index contributed by atoms with van der Waals surface area (Å²) in [6, 6.07) is 0. The molecule has 0 amide bonds. The van der Waals surface area contributed by atoms with E-state index in [2.05, 4.69) is 23.8 Å². The van der Waals surface area contributed by atoms with Gasteiger partial charge in [-0.05, 0) is 26.9 Å². The SMILES string of the molecule is CCOP(=O)(NCCN(CC)CC)OCC. The molecule has 98 valence electrons. The van der Waals surface area contributed by atoms with E-state index < -0.39 is 7.75 Å². The fourth-order valence-electron chi connectivity index (χ4n) is 1.35. The molecule has 0 unspecified atom stereocenters. The Hall–Kier alpha value is 0.0700. The molecule has 1 N–H and O–H groups in total. The van der Waals surface area contributed by atoms with Crippen LogP contribution in [0.4, 0.5) is 0 Å². The lowest BCUT2D eigenvalue weighted by Crippen LogP contribution is -2.31. The summed E-state index contributed by atoms with van der Waals surface area (Å²) < 4.78 is 22.2. The fraction of sp³-hybridized carbons (Fsp3) is 1.00. The van der Waals surface area contributed by atoms with Crippen LogP contribution in [0.5, 0.6) is 0 Å². The second kappa shape index (κ2) is 9.14. The average molecular weight is 252 g/mol. The van der Waals surface area contributed by atoms with Crippen molar-refractivity contribution in [1.29, 1.82) is 0 Å². The zero-order chi connectivity index (χ0) is 12.4. The van der Waals surface area contributed by atoms with Crippen molar-refractivity contribution in [3.63, 3.8) is 0 Å². The van der Waals surface area contributed by atoms with Crippen molar-refractivity contribution in [1.82, 2.24) is 9.99 Å². The summed E-state index contributed by atoms with van der Waals surface area (Å²) in [5.74, 6) is 0. The van der Waals surface area contributed by atoms with Crippen molar-refractivity contribution in [2.24, 2.45) is 0 Å². The van der Waals surface area contributed by atoms with Crippen LogP contribution in [-0.2, 0) is 13.6 Å². The molecule has 0 radical (unpaired) electrons.